The number of rotatable bonds is 3. The van der Waals surface area contributed by atoms with Crippen LogP contribution < -0.4 is 0 Å². The van der Waals surface area contributed by atoms with Gasteiger partial charge in [0, 0.05) is 18.6 Å². The fourth-order valence-corrected chi connectivity index (χ4v) is 1.40. The molecular weight excluding hydrogens is 196 g/mol. The van der Waals surface area contributed by atoms with Gasteiger partial charge in [-0.1, -0.05) is 6.92 Å². The quantitative estimate of drug-likeness (QED) is 0.571. The largest absolute Gasteiger partial charge is 0.441 e. The molecule has 1 heterocycles. The predicted octanol–water partition coefficient (Wildman–Crippen LogP) is 2.69. The maximum Gasteiger partial charge on any atom is 0.271 e. The highest BCUT2D eigenvalue weighted by Gasteiger charge is 2.10. The van der Waals surface area contributed by atoms with E-state index in [9.17, 15) is 10.1 Å². The van der Waals surface area contributed by atoms with Crippen LogP contribution in [0.2, 0.25) is 0 Å². The first-order valence-corrected chi connectivity index (χ1v) is 4.74. The van der Waals surface area contributed by atoms with Crippen molar-refractivity contribution in [2.75, 3.05) is 0 Å². The van der Waals surface area contributed by atoms with Crippen LogP contribution in [-0.2, 0) is 6.42 Å². The van der Waals surface area contributed by atoms with E-state index in [2.05, 4.69) is 4.98 Å². The molecule has 0 spiro atoms. The average Bonchev–Trinajstić information content (AvgIpc) is 2.59. The van der Waals surface area contributed by atoms with Crippen LogP contribution in [0.5, 0.6) is 0 Å². The zero-order valence-corrected chi connectivity index (χ0v) is 8.27. The van der Waals surface area contributed by atoms with E-state index in [0.29, 0.717) is 17.0 Å². The first kappa shape index (κ1) is 9.64. The molecule has 15 heavy (non-hydrogen) atoms. The van der Waals surface area contributed by atoms with Gasteiger partial charge in [0.25, 0.3) is 5.69 Å². The summed E-state index contributed by atoms with van der Waals surface area (Å²) in [5.41, 5.74) is 1.19. The lowest BCUT2D eigenvalue weighted by Gasteiger charge is -1.88. The van der Waals surface area contributed by atoms with Crippen molar-refractivity contribution < 1.29 is 9.34 Å². The summed E-state index contributed by atoms with van der Waals surface area (Å²) in [5, 5.41) is 10.5. The molecule has 0 aliphatic carbocycles. The van der Waals surface area contributed by atoms with Crippen LogP contribution in [0.4, 0.5) is 5.69 Å². The molecule has 5 heteroatoms. The minimum atomic E-state index is -0.437. The van der Waals surface area contributed by atoms with Crippen molar-refractivity contribution in [2.45, 2.75) is 19.8 Å². The van der Waals surface area contributed by atoms with Gasteiger partial charge in [0.1, 0.15) is 5.52 Å². The number of aromatic nitrogens is 1. The number of oxazole rings is 1. The molecule has 2 aromatic rings. The minimum Gasteiger partial charge on any atom is -0.441 e. The van der Waals surface area contributed by atoms with Crippen LogP contribution in [-0.4, -0.2) is 9.91 Å². The predicted molar refractivity (Wildman–Crippen MR) is 54.7 cm³/mol. The van der Waals surface area contributed by atoms with Crippen LogP contribution in [0.1, 0.15) is 19.2 Å². The Balaban J connectivity index is 2.47. The molecule has 0 bridgehead atoms. The maximum atomic E-state index is 10.5. The van der Waals surface area contributed by atoms with Gasteiger partial charge in [-0.25, -0.2) is 4.98 Å². The van der Waals surface area contributed by atoms with Gasteiger partial charge in [-0.2, -0.15) is 0 Å². The summed E-state index contributed by atoms with van der Waals surface area (Å²) in [4.78, 5) is 14.3. The van der Waals surface area contributed by atoms with E-state index in [1.54, 1.807) is 6.07 Å². The summed E-state index contributed by atoms with van der Waals surface area (Å²) in [5.74, 6) is 0.632. The van der Waals surface area contributed by atoms with E-state index < -0.39 is 4.92 Å². The second kappa shape index (κ2) is 3.68. The molecule has 0 N–H and O–H groups in total. The summed E-state index contributed by atoms with van der Waals surface area (Å²) in [6.45, 7) is 2.03. The van der Waals surface area contributed by atoms with Gasteiger partial charge in [-0.05, 0) is 12.5 Å². The monoisotopic (exact) mass is 206 g/mol. The van der Waals surface area contributed by atoms with Crippen molar-refractivity contribution in [3.05, 3.63) is 34.2 Å². The van der Waals surface area contributed by atoms with Gasteiger partial charge in [-0.15, -0.1) is 0 Å². The van der Waals surface area contributed by atoms with E-state index >= 15 is 0 Å². The molecule has 0 radical (unpaired) electrons. The van der Waals surface area contributed by atoms with Crippen molar-refractivity contribution in [2.24, 2.45) is 0 Å². The fourth-order valence-electron chi connectivity index (χ4n) is 1.40. The summed E-state index contributed by atoms with van der Waals surface area (Å²) in [6, 6.07) is 4.43. The maximum absolute atomic E-state index is 10.5. The fraction of sp³-hybridized carbons (Fsp3) is 0.300. The summed E-state index contributed by atoms with van der Waals surface area (Å²) >= 11 is 0. The molecule has 78 valence electrons. The number of nitro benzene ring substituents is 1. The Morgan fingerprint density at radius 3 is 3.00 bits per heavy atom. The van der Waals surface area contributed by atoms with Gasteiger partial charge in [0.15, 0.2) is 11.5 Å². The van der Waals surface area contributed by atoms with E-state index in [4.69, 9.17) is 4.42 Å². The second-order valence-electron chi connectivity index (χ2n) is 3.27. The molecule has 0 unspecified atom stereocenters. The van der Waals surface area contributed by atoms with Crippen molar-refractivity contribution in [3.8, 4) is 0 Å². The number of nitrogens with zero attached hydrogens (tertiary/aromatic N) is 2. The first-order valence-electron chi connectivity index (χ1n) is 4.74. The molecule has 2 rings (SSSR count). The Labute approximate surface area is 85.9 Å². The van der Waals surface area contributed by atoms with Gasteiger partial charge in [-0.3, -0.25) is 10.1 Å². The number of non-ortho nitro benzene ring substituents is 1. The Hall–Kier alpha value is -1.91. The third-order valence-electron chi connectivity index (χ3n) is 2.09. The highest BCUT2D eigenvalue weighted by Crippen LogP contribution is 2.21. The minimum absolute atomic E-state index is 0.0406. The van der Waals surface area contributed by atoms with Gasteiger partial charge >= 0.3 is 0 Å². The van der Waals surface area contributed by atoms with E-state index in [-0.39, 0.29) is 5.69 Å². The second-order valence-corrected chi connectivity index (χ2v) is 3.27. The summed E-state index contributed by atoms with van der Waals surface area (Å²) in [7, 11) is 0. The van der Waals surface area contributed by atoms with Crippen molar-refractivity contribution in [3.63, 3.8) is 0 Å². The van der Waals surface area contributed by atoms with E-state index in [1.165, 1.54) is 12.1 Å². The summed E-state index contributed by atoms with van der Waals surface area (Å²) < 4.78 is 5.41. The first-order chi connectivity index (χ1) is 7.20. The van der Waals surface area contributed by atoms with Crippen LogP contribution >= 0.6 is 0 Å². The molecule has 0 aliphatic rings. The molecule has 1 aromatic heterocycles. The normalized spacial score (nSPS) is 10.7. The molecule has 0 aliphatic heterocycles. The number of hydrogen-bond donors (Lipinski definition) is 0. The molecule has 0 amide bonds. The molecule has 5 nitrogen and oxygen atoms in total. The Morgan fingerprint density at radius 2 is 2.33 bits per heavy atom. The number of benzene rings is 1. The van der Waals surface area contributed by atoms with Crippen LogP contribution in [0.25, 0.3) is 11.1 Å². The Morgan fingerprint density at radius 1 is 1.53 bits per heavy atom. The number of fused-ring (bicyclic) bond motifs is 1. The third-order valence-corrected chi connectivity index (χ3v) is 2.09. The summed E-state index contributed by atoms with van der Waals surface area (Å²) in [6.07, 6.45) is 1.69. The van der Waals surface area contributed by atoms with E-state index in [0.717, 1.165) is 12.8 Å². The van der Waals surface area contributed by atoms with Crippen molar-refractivity contribution >= 4 is 16.8 Å². The average molecular weight is 206 g/mol. The van der Waals surface area contributed by atoms with Gasteiger partial charge < -0.3 is 4.42 Å². The lowest BCUT2D eigenvalue weighted by Crippen LogP contribution is -1.86. The molecular formula is C10H10N2O3. The Kier molecular flexibility index (Phi) is 2.37. The number of hydrogen-bond acceptors (Lipinski definition) is 4. The third kappa shape index (κ3) is 1.81. The van der Waals surface area contributed by atoms with Gasteiger partial charge in [0.2, 0.25) is 0 Å². The zero-order chi connectivity index (χ0) is 10.8. The van der Waals surface area contributed by atoms with Gasteiger partial charge in [0.05, 0.1) is 4.92 Å². The van der Waals surface area contributed by atoms with Crippen molar-refractivity contribution in [1.29, 1.82) is 0 Å². The van der Waals surface area contributed by atoms with Crippen LogP contribution in [0.15, 0.2) is 22.6 Å². The highest BCUT2D eigenvalue weighted by atomic mass is 16.6. The molecule has 0 saturated heterocycles. The SMILES string of the molecule is CCCc1nc2cc([N+](=O)[O-])ccc2o1. The molecule has 0 atom stereocenters. The van der Waals surface area contributed by atoms with Crippen molar-refractivity contribution in [1.82, 2.24) is 4.98 Å². The van der Waals surface area contributed by atoms with E-state index in [1.807, 2.05) is 6.92 Å². The van der Waals surface area contributed by atoms with Crippen LogP contribution in [0.3, 0.4) is 0 Å². The Bertz CT molecular complexity index is 504. The number of aryl methyl sites for hydroxylation is 1. The van der Waals surface area contributed by atoms with Crippen LogP contribution in [0, 0.1) is 10.1 Å². The molecule has 0 saturated carbocycles. The number of nitro groups is 1. The topological polar surface area (TPSA) is 69.2 Å². The smallest absolute Gasteiger partial charge is 0.271 e. The highest BCUT2D eigenvalue weighted by molar-refractivity contribution is 5.75. The molecule has 0 fully saturated rings. The lowest BCUT2D eigenvalue weighted by molar-refractivity contribution is -0.384. The lowest BCUT2D eigenvalue weighted by atomic mass is 10.3. The standard InChI is InChI=1S/C10H10N2O3/c1-2-3-10-11-8-6-7(12(13)14)4-5-9(8)15-10/h4-6H,2-3H2,1H3. The zero-order valence-electron chi connectivity index (χ0n) is 8.27. The molecule has 1 aromatic carbocycles.